The molecule has 0 aliphatic heterocycles. The topological polar surface area (TPSA) is 49.4 Å². The summed E-state index contributed by atoms with van der Waals surface area (Å²) in [6, 6.07) is 8.70. The van der Waals surface area contributed by atoms with Crippen molar-refractivity contribution < 1.29 is 14.0 Å². The predicted molar refractivity (Wildman–Crippen MR) is 127 cm³/mol. The number of thioether (sulfide) groups is 1. The molecule has 0 aliphatic carbocycles. The fourth-order valence-electron chi connectivity index (χ4n) is 2.84. The third-order valence-electron chi connectivity index (χ3n) is 4.52. The first-order chi connectivity index (χ1) is 14.6. The SMILES string of the molecule is CC(C)NC(=O)[C@@H](C)N(Cc1c(Cl)cccc1Cl)C(=O)CSCc1c(F)cccc1Cl. The van der Waals surface area contributed by atoms with E-state index in [4.69, 9.17) is 34.8 Å². The Morgan fingerprint density at radius 2 is 1.55 bits per heavy atom. The second-order valence-electron chi connectivity index (χ2n) is 7.25. The van der Waals surface area contributed by atoms with Crippen LogP contribution in [0, 0.1) is 5.82 Å². The van der Waals surface area contributed by atoms with Gasteiger partial charge in [0.2, 0.25) is 11.8 Å². The highest BCUT2D eigenvalue weighted by molar-refractivity contribution is 7.99. The average Bonchev–Trinajstić information content (AvgIpc) is 2.69. The van der Waals surface area contributed by atoms with Gasteiger partial charge in [-0.15, -0.1) is 11.8 Å². The van der Waals surface area contributed by atoms with Gasteiger partial charge in [-0.2, -0.15) is 0 Å². The van der Waals surface area contributed by atoms with Crippen molar-refractivity contribution in [2.24, 2.45) is 0 Å². The van der Waals surface area contributed by atoms with E-state index < -0.39 is 11.9 Å². The molecule has 2 rings (SSSR count). The first-order valence-electron chi connectivity index (χ1n) is 9.65. The zero-order valence-corrected chi connectivity index (χ0v) is 20.5. The highest BCUT2D eigenvalue weighted by atomic mass is 35.5. The van der Waals surface area contributed by atoms with E-state index in [2.05, 4.69) is 5.32 Å². The molecule has 4 nitrogen and oxygen atoms in total. The van der Waals surface area contributed by atoms with Crippen molar-refractivity contribution in [3.8, 4) is 0 Å². The molecule has 0 bridgehead atoms. The van der Waals surface area contributed by atoms with Crippen LogP contribution in [0.4, 0.5) is 4.39 Å². The molecule has 9 heteroatoms. The predicted octanol–water partition coefficient (Wildman–Crippen LogP) is 5.96. The van der Waals surface area contributed by atoms with Crippen LogP contribution in [0.3, 0.4) is 0 Å². The first-order valence-corrected chi connectivity index (χ1v) is 11.9. The molecule has 2 aromatic carbocycles. The molecule has 168 valence electrons. The lowest BCUT2D eigenvalue weighted by atomic mass is 10.1. The van der Waals surface area contributed by atoms with Crippen LogP contribution >= 0.6 is 46.6 Å². The van der Waals surface area contributed by atoms with Crippen LogP contribution < -0.4 is 5.32 Å². The van der Waals surface area contributed by atoms with E-state index in [1.54, 1.807) is 31.2 Å². The molecular formula is C22H24Cl3FN2O2S. The fraction of sp³-hybridized carbons (Fsp3) is 0.364. The van der Waals surface area contributed by atoms with E-state index in [1.165, 1.54) is 28.8 Å². The standard InChI is InChI=1S/C22H24Cl3FN2O2S/c1-13(2)27-22(30)14(3)28(10-15-17(23)6-4-7-18(15)24)21(29)12-31-11-16-19(25)8-5-9-20(16)26/h4-9,13-14H,10-12H2,1-3H3,(H,27,30)/t14-/m1/s1. The number of benzene rings is 2. The van der Waals surface area contributed by atoms with Crippen molar-refractivity contribution in [2.45, 2.75) is 45.2 Å². The third kappa shape index (κ3) is 7.28. The molecule has 0 heterocycles. The molecule has 31 heavy (non-hydrogen) atoms. The van der Waals surface area contributed by atoms with E-state index in [0.717, 1.165) is 0 Å². The monoisotopic (exact) mass is 504 g/mol. The van der Waals surface area contributed by atoms with E-state index in [9.17, 15) is 14.0 Å². The highest BCUT2D eigenvalue weighted by Crippen LogP contribution is 2.28. The summed E-state index contributed by atoms with van der Waals surface area (Å²) >= 11 is 19.8. The number of carbonyl (C=O) groups excluding carboxylic acids is 2. The Hall–Kier alpha value is -1.47. The van der Waals surface area contributed by atoms with Crippen molar-refractivity contribution in [3.05, 3.63) is 68.4 Å². The van der Waals surface area contributed by atoms with Gasteiger partial charge in [-0.1, -0.05) is 46.9 Å². The van der Waals surface area contributed by atoms with Gasteiger partial charge in [0.1, 0.15) is 11.9 Å². The lowest BCUT2D eigenvalue weighted by Crippen LogP contribution is -2.49. The lowest BCUT2D eigenvalue weighted by molar-refractivity contribution is -0.138. The Morgan fingerprint density at radius 1 is 1.00 bits per heavy atom. The van der Waals surface area contributed by atoms with E-state index in [1.807, 2.05) is 13.8 Å². The van der Waals surface area contributed by atoms with Crippen molar-refractivity contribution in [3.63, 3.8) is 0 Å². The van der Waals surface area contributed by atoms with Crippen LogP contribution in [0.2, 0.25) is 15.1 Å². The number of amides is 2. The quantitative estimate of drug-likeness (QED) is 0.457. The number of hydrogen-bond donors (Lipinski definition) is 1. The van der Waals surface area contributed by atoms with Gasteiger partial charge in [-0.25, -0.2) is 4.39 Å². The van der Waals surface area contributed by atoms with Gasteiger partial charge in [0.25, 0.3) is 0 Å². The fourth-order valence-corrected chi connectivity index (χ4v) is 4.60. The molecule has 0 fully saturated rings. The average molecular weight is 506 g/mol. The van der Waals surface area contributed by atoms with Crippen LogP contribution in [-0.2, 0) is 21.9 Å². The zero-order valence-electron chi connectivity index (χ0n) is 17.4. The van der Waals surface area contributed by atoms with Crippen molar-refractivity contribution in [2.75, 3.05) is 5.75 Å². The summed E-state index contributed by atoms with van der Waals surface area (Å²) < 4.78 is 14.0. The zero-order chi connectivity index (χ0) is 23.1. The number of nitrogens with one attached hydrogen (secondary N) is 1. The smallest absolute Gasteiger partial charge is 0.242 e. The van der Waals surface area contributed by atoms with Crippen LogP contribution in [-0.4, -0.2) is 34.6 Å². The third-order valence-corrected chi connectivity index (χ3v) is 6.53. The summed E-state index contributed by atoms with van der Waals surface area (Å²) in [5, 5.41) is 3.95. The molecule has 1 atom stereocenters. The summed E-state index contributed by atoms with van der Waals surface area (Å²) in [6.45, 7) is 5.41. The minimum atomic E-state index is -0.750. The minimum Gasteiger partial charge on any atom is -0.352 e. The molecular weight excluding hydrogens is 482 g/mol. The van der Waals surface area contributed by atoms with E-state index in [0.29, 0.717) is 26.2 Å². The molecule has 0 aliphatic rings. The van der Waals surface area contributed by atoms with Gasteiger partial charge in [0.15, 0.2) is 0 Å². The molecule has 0 spiro atoms. The molecule has 1 N–H and O–H groups in total. The largest absolute Gasteiger partial charge is 0.352 e. The van der Waals surface area contributed by atoms with Crippen molar-refractivity contribution >= 4 is 58.4 Å². The molecule has 0 saturated heterocycles. The maximum atomic E-state index is 14.0. The van der Waals surface area contributed by atoms with E-state index in [-0.39, 0.29) is 35.9 Å². The van der Waals surface area contributed by atoms with E-state index >= 15 is 0 Å². The van der Waals surface area contributed by atoms with Crippen molar-refractivity contribution in [1.82, 2.24) is 10.2 Å². The maximum absolute atomic E-state index is 14.0. The normalized spacial score (nSPS) is 12.0. The van der Waals surface area contributed by atoms with Crippen LogP contribution in [0.25, 0.3) is 0 Å². The summed E-state index contributed by atoms with van der Waals surface area (Å²) in [5.74, 6) is -0.735. The van der Waals surface area contributed by atoms with Crippen LogP contribution in [0.15, 0.2) is 36.4 Å². The number of carbonyl (C=O) groups is 2. The Bertz CT molecular complexity index is 902. The molecule has 0 saturated carbocycles. The van der Waals surface area contributed by atoms with Gasteiger partial charge < -0.3 is 10.2 Å². The Balaban J connectivity index is 2.18. The Morgan fingerprint density at radius 3 is 2.10 bits per heavy atom. The highest BCUT2D eigenvalue weighted by Gasteiger charge is 2.27. The van der Waals surface area contributed by atoms with Gasteiger partial charge >= 0.3 is 0 Å². The maximum Gasteiger partial charge on any atom is 0.242 e. The van der Waals surface area contributed by atoms with Crippen LogP contribution in [0.5, 0.6) is 0 Å². The summed E-state index contributed by atoms with van der Waals surface area (Å²) in [6.07, 6.45) is 0. The Kier molecular flexibility index (Phi) is 9.94. The van der Waals surface area contributed by atoms with Gasteiger partial charge in [0.05, 0.1) is 5.75 Å². The minimum absolute atomic E-state index is 0.0338. The van der Waals surface area contributed by atoms with Gasteiger partial charge in [-0.3, -0.25) is 9.59 Å². The van der Waals surface area contributed by atoms with Crippen LogP contribution in [0.1, 0.15) is 31.9 Å². The molecule has 0 unspecified atom stereocenters. The van der Waals surface area contributed by atoms with Gasteiger partial charge in [-0.05, 0) is 45.0 Å². The number of hydrogen-bond acceptors (Lipinski definition) is 3. The first kappa shape index (κ1) is 25.8. The number of nitrogens with zero attached hydrogens (tertiary/aromatic N) is 1. The second kappa shape index (κ2) is 12.0. The van der Waals surface area contributed by atoms with Crippen molar-refractivity contribution in [1.29, 1.82) is 0 Å². The summed E-state index contributed by atoms with van der Waals surface area (Å²) in [5.41, 5.74) is 0.902. The molecule has 0 aromatic heterocycles. The van der Waals surface area contributed by atoms with Gasteiger partial charge in [0, 0.05) is 44.5 Å². The summed E-state index contributed by atoms with van der Waals surface area (Å²) in [4.78, 5) is 27.1. The number of halogens is 4. The molecule has 2 aromatic rings. The second-order valence-corrected chi connectivity index (χ2v) is 9.46. The number of rotatable bonds is 9. The summed E-state index contributed by atoms with van der Waals surface area (Å²) in [7, 11) is 0. The lowest BCUT2D eigenvalue weighted by Gasteiger charge is -2.30. The molecule has 2 amide bonds. The molecule has 0 radical (unpaired) electrons. The Labute approximate surface area is 201 Å².